The predicted molar refractivity (Wildman–Crippen MR) is 68.7 cm³/mol. The second-order valence-electron chi connectivity index (χ2n) is 4.31. The molecule has 0 radical (unpaired) electrons. The Morgan fingerprint density at radius 3 is 2.83 bits per heavy atom. The van der Waals surface area contributed by atoms with Crippen molar-refractivity contribution in [3.8, 4) is 5.75 Å². The Bertz CT molecular complexity index is 521. The van der Waals surface area contributed by atoms with Crippen LogP contribution in [0.15, 0.2) is 23.1 Å². The summed E-state index contributed by atoms with van der Waals surface area (Å²) in [5, 5.41) is 0. The van der Waals surface area contributed by atoms with E-state index in [1.807, 2.05) is 0 Å². The Labute approximate surface area is 111 Å². The van der Waals surface area contributed by atoms with Gasteiger partial charge in [-0.15, -0.1) is 0 Å². The Balaban J connectivity index is 2.04. The lowest BCUT2D eigenvalue weighted by Gasteiger charge is -2.12. The van der Waals surface area contributed by atoms with Gasteiger partial charge in [-0.1, -0.05) is 0 Å². The van der Waals surface area contributed by atoms with Crippen molar-refractivity contribution < 1.29 is 17.9 Å². The van der Waals surface area contributed by atoms with Crippen molar-refractivity contribution in [1.29, 1.82) is 0 Å². The number of rotatable bonds is 4. The molecule has 4 nitrogen and oxygen atoms in total. The molecule has 1 fully saturated rings. The van der Waals surface area contributed by atoms with Crippen LogP contribution in [0.2, 0.25) is 0 Å². The molecule has 0 amide bonds. The first-order chi connectivity index (χ1) is 8.47. The highest BCUT2D eigenvalue weighted by atomic mass is 35.7. The zero-order chi connectivity index (χ0) is 13.2. The van der Waals surface area contributed by atoms with Gasteiger partial charge in [0.15, 0.2) is 0 Å². The predicted octanol–water partition coefficient (Wildman–Crippen LogP) is 2.48. The van der Waals surface area contributed by atoms with Gasteiger partial charge in [0.05, 0.1) is 11.0 Å². The average molecular weight is 291 g/mol. The molecule has 0 N–H and O–H groups in total. The molecule has 0 aliphatic carbocycles. The maximum Gasteiger partial charge on any atom is 0.261 e. The van der Waals surface area contributed by atoms with Gasteiger partial charge in [-0.3, -0.25) is 0 Å². The van der Waals surface area contributed by atoms with E-state index in [9.17, 15) is 8.42 Å². The Hall–Kier alpha value is -0.780. The highest BCUT2D eigenvalue weighted by Gasteiger charge is 2.17. The van der Waals surface area contributed by atoms with Gasteiger partial charge >= 0.3 is 0 Å². The van der Waals surface area contributed by atoms with E-state index in [-0.39, 0.29) is 11.0 Å². The van der Waals surface area contributed by atoms with E-state index in [0.29, 0.717) is 17.9 Å². The van der Waals surface area contributed by atoms with Gasteiger partial charge in [-0.25, -0.2) is 8.42 Å². The quantitative estimate of drug-likeness (QED) is 0.800. The second kappa shape index (κ2) is 5.47. The van der Waals surface area contributed by atoms with Crippen molar-refractivity contribution in [1.82, 2.24) is 0 Å². The van der Waals surface area contributed by atoms with Gasteiger partial charge in [0.25, 0.3) is 9.05 Å². The van der Waals surface area contributed by atoms with Crippen LogP contribution in [0.3, 0.4) is 0 Å². The van der Waals surface area contributed by atoms with Crippen LogP contribution >= 0.6 is 10.7 Å². The van der Waals surface area contributed by atoms with E-state index in [1.165, 1.54) is 6.07 Å². The van der Waals surface area contributed by atoms with Crippen LogP contribution < -0.4 is 4.74 Å². The number of benzene rings is 1. The first-order valence-electron chi connectivity index (χ1n) is 5.76. The molecule has 1 saturated heterocycles. The van der Waals surface area contributed by atoms with Gasteiger partial charge in [0.2, 0.25) is 0 Å². The molecule has 0 saturated carbocycles. The first kappa shape index (κ1) is 13.6. The van der Waals surface area contributed by atoms with Crippen LogP contribution in [-0.4, -0.2) is 27.7 Å². The van der Waals surface area contributed by atoms with E-state index >= 15 is 0 Å². The molecule has 1 aromatic rings. The van der Waals surface area contributed by atoms with Crippen molar-refractivity contribution in [3.63, 3.8) is 0 Å². The summed E-state index contributed by atoms with van der Waals surface area (Å²) < 4.78 is 33.5. The Morgan fingerprint density at radius 2 is 2.28 bits per heavy atom. The smallest absolute Gasteiger partial charge is 0.261 e. The normalized spacial score (nSPS) is 20.0. The third-order valence-electron chi connectivity index (χ3n) is 2.87. The van der Waals surface area contributed by atoms with E-state index < -0.39 is 9.05 Å². The average Bonchev–Trinajstić information content (AvgIpc) is 2.77. The van der Waals surface area contributed by atoms with Gasteiger partial charge in [0.1, 0.15) is 12.4 Å². The summed E-state index contributed by atoms with van der Waals surface area (Å²) in [4.78, 5) is 0.119. The summed E-state index contributed by atoms with van der Waals surface area (Å²) in [5.74, 6) is 0.632. The van der Waals surface area contributed by atoms with Gasteiger partial charge < -0.3 is 9.47 Å². The third kappa shape index (κ3) is 3.37. The molecule has 1 aliphatic rings. The van der Waals surface area contributed by atoms with Crippen LogP contribution in [0.25, 0.3) is 0 Å². The molecular weight excluding hydrogens is 276 g/mol. The summed E-state index contributed by atoms with van der Waals surface area (Å²) in [6.07, 6.45) is 2.21. The van der Waals surface area contributed by atoms with Gasteiger partial charge in [-0.2, -0.15) is 0 Å². The molecule has 0 bridgehead atoms. The largest absolute Gasteiger partial charge is 0.491 e. The molecule has 0 unspecified atom stereocenters. The maximum absolute atomic E-state index is 11.2. The van der Waals surface area contributed by atoms with E-state index in [0.717, 1.165) is 19.4 Å². The standard InChI is InChI=1S/C12H15ClO4S/c1-9-7-10(4-5-12(9)18(13,14)15)17-8-11-3-2-6-16-11/h4-5,7,11H,2-3,6,8H2,1H3/t11-/m1/s1. The fraction of sp³-hybridized carbons (Fsp3) is 0.500. The molecule has 1 aromatic carbocycles. The van der Waals surface area contributed by atoms with E-state index in [1.54, 1.807) is 19.1 Å². The molecule has 18 heavy (non-hydrogen) atoms. The van der Waals surface area contributed by atoms with Gasteiger partial charge in [0, 0.05) is 17.3 Å². The lowest BCUT2D eigenvalue weighted by molar-refractivity contribution is 0.0679. The van der Waals surface area contributed by atoms with Crippen LogP contribution in [-0.2, 0) is 13.8 Å². The molecule has 0 spiro atoms. The Morgan fingerprint density at radius 1 is 1.50 bits per heavy atom. The molecule has 6 heteroatoms. The van der Waals surface area contributed by atoms with E-state index in [4.69, 9.17) is 20.2 Å². The lowest BCUT2D eigenvalue weighted by Crippen LogP contribution is -2.16. The fourth-order valence-corrected chi connectivity index (χ4v) is 3.14. The minimum atomic E-state index is -3.69. The highest BCUT2D eigenvalue weighted by molar-refractivity contribution is 8.13. The van der Waals surface area contributed by atoms with Crippen molar-refractivity contribution in [2.75, 3.05) is 13.2 Å². The molecule has 1 atom stereocenters. The monoisotopic (exact) mass is 290 g/mol. The van der Waals surface area contributed by atoms with E-state index in [2.05, 4.69) is 0 Å². The molecule has 1 aliphatic heterocycles. The molecule has 0 aromatic heterocycles. The van der Waals surface area contributed by atoms with Gasteiger partial charge in [-0.05, 0) is 43.5 Å². The van der Waals surface area contributed by atoms with Crippen molar-refractivity contribution >= 4 is 19.7 Å². The van der Waals surface area contributed by atoms with Crippen LogP contribution in [0.5, 0.6) is 5.75 Å². The summed E-state index contributed by atoms with van der Waals surface area (Å²) in [7, 11) is 1.62. The fourth-order valence-electron chi connectivity index (χ4n) is 1.95. The number of hydrogen-bond donors (Lipinski definition) is 0. The second-order valence-corrected chi connectivity index (χ2v) is 6.85. The molecule has 100 valence electrons. The summed E-state index contributed by atoms with van der Waals surface area (Å²) in [6, 6.07) is 4.74. The minimum Gasteiger partial charge on any atom is -0.491 e. The van der Waals surface area contributed by atoms with Crippen molar-refractivity contribution in [3.05, 3.63) is 23.8 Å². The van der Waals surface area contributed by atoms with Crippen LogP contribution in [0, 0.1) is 6.92 Å². The van der Waals surface area contributed by atoms with Crippen molar-refractivity contribution in [2.24, 2.45) is 0 Å². The minimum absolute atomic E-state index is 0.119. The highest BCUT2D eigenvalue weighted by Crippen LogP contribution is 2.24. The maximum atomic E-state index is 11.2. The molecule has 1 heterocycles. The first-order valence-corrected chi connectivity index (χ1v) is 8.07. The van der Waals surface area contributed by atoms with Crippen LogP contribution in [0.1, 0.15) is 18.4 Å². The third-order valence-corrected chi connectivity index (χ3v) is 4.35. The summed E-state index contributed by atoms with van der Waals surface area (Å²) in [6.45, 7) is 2.97. The number of hydrogen-bond acceptors (Lipinski definition) is 4. The lowest BCUT2D eigenvalue weighted by atomic mass is 10.2. The topological polar surface area (TPSA) is 52.6 Å². The summed E-state index contributed by atoms with van der Waals surface area (Å²) >= 11 is 0. The van der Waals surface area contributed by atoms with Crippen molar-refractivity contribution in [2.45, 2.75) is 30.8 Å². The zero-order valence-electron chi connectivity index (χ0n) is 10.1. The number of aryl methyl sites for hydroxylation is 1. The van der Waals surface area contributed by atoms with Crippen LogP contribution in [0.4, 0.5) is 0 Å². The Kier molecular flexibility index (Phi) is 4.14. The zero-order valence-corrected chi connectivity index (χ0v) is 11.6. The number of ether oxygens (including phenoxy) is 2. The molecule has 2 rings (SSSR count). The summed E-state index contributed by atoms with van der Waals surface area (Å²) in [5.41, 5.74) is 0.579. The SMILES string of the molecule is Cc1cc(OC[C@H]2CCCO2)ccc1S(=O)(=O)Cl. The number of halogens is 1. The molecular formula is C12H15ClO4S.